The van der Waals surface area contributed by atoms with Gasteiger partial charge in [0, 0.05) is 0 Å². The van der Waals surface area contributed by atoms with Gasteiger partial charge in [0.25, 0.3) is 5.56 Å². The van der Waals surface area contributed by atoms with Crippen LogP contribution in [0.15, 0.2) is 58.8 Å². The largest absolute Gasteiger partial charge is 0.508 e. The van der Waals surface area contributed by atoms with Crippen molar-refractivity contribution < 1.29 is 5.11 Å². The number of aromatic amines is 1. The lowest BCUT2D eigenvalue weighted by Gasteiger charge is -2.14. The van der Waals surface area contributed by atoms with Crippen LogP contribution < -0.4 is 11.2 Å². The minimum atomic E-state index is -0.568. The zero-order chi connectivity index (χ0) is 19.6. The Balaban J connectivity index is 1.98. The monoisotopic (exact) mass is 363 g/mol. The molecule has 0 unspecified atom stereocenters. The summed E-state index contributed by atoms with van der Waals surface area (Å²) in [5.74, 6) is 0.269. The van der Waals surface area contributed by atoms with Crippen LogP contribution in [0.4, 0.5) is 0 Å². The molecule has 0 atom stereocenters. The molecule has 0 aliphatic rings. The number of phenolic OH excluding ortho intramolecular Hbond substituents is 1. The molecule has 6 nitrogen and oxygen atoms in total. The maximum atomic E-state index is 12.0. The molecule has 0 fully saturated rings. The highest BCUT2D eigenvalue weighted by atomic mass is 16.3. The molecule has 0 saturated heterocycles. The van der Waals surface area contributed by atoms with Crippen molar-refractivity contribution >= 4 is 0 Å². The first-order valence-electron chi connectivity index (χ1n) is 8.60. The molecule has 6 heteroatoms. The topological polar surface area (TPSA) is 88.0 Å². The van der Waals surface area contributed by atoms with Crippen molar-refractivity contribution in [2.75, 3.05) is 0 Å². The first kappa shape index (κ1) is 18.4. The van der Waals surface area contributed by atoms with E-state index in [0.29, 0.717) is 18.5 Å². The number of phenols is 1. The number of aryl methyl sites for hydroxylation is 2. The standard InChI is InChI=1S/C21H21N3O3/c1-4-5-16-10-15(6-7-19(16)25)11-18-13(2)8-17(9-14(18)3)24-21(27)23-20(26)12-22-24/h4,6-10,12,25H,1,5,11H2,2-3H3,(H,23,26,27). The molecule has 0 bridgehead atoms. The number of benzene rings is 2. The maximum absolute atomic E-state index is 12.0. The highest BCUT2D eigenvalue weighted by molar-refractivity contribution is 5.47. The average Bonchev–Trinajstić information content (AvgIpc) is 2.61. The molecule has 27 heavy (non-hydrogen) atoms. The van der Waals surface area contributed by atoms with Gasteiger partial charge in [0.05, 0.1) is 5.69 Å². The lowest BCUT2D eigenvalue weighted by Crippen LogP contribution is -2.30. The minimum absolute atomic E-state index is 0.269. The number of nitrogens with one attached hydrogen (secondary N) is 1. The quantitative estimate of drug-likeness (QED) is 0.682. The van der Waals surface area contributed by atoms with Gasteiger partial charge in [-0.2, -0.15) is 9.78 Å². The zero-order valence-corrected chi connectivity index (χ0v) is 15.3. The molecule has 3 rings (SSSR count). The van der Waals surface area contributed by atoms with Crippen LogP contribution in [0.1, 0.15) is 27.8 Å². The molecule has 0 radical (unpaired) electrons. The summed E-state index contributed by atoms with van der Waals surface area (Å²) in [5, 5.41) is 13.8. The Morgan fingerprint density at radius 3 is 2.52 bits per heavy atom. The second kappa shape index (κ2) is 7.45. The second-order valence-corrected chi connectivity index (χ2v) is 6.54. The molecule has 0 amide bonds. The van der Waals surface area contributed by atoms with Crippen LogP contribution in [-0.4, -0.2) is 19.9 Å². The van der Waals surface area contributed by atoms with Crippen LogP contribution >= 0.6 is 0 Å². The summed E-state index contributed by atoms with van der Waals surface area (Å²) in [6.45, 7) is 7.68. The van der Waals surface area contributed by atoms with Crippen LogP contribution in [-0.2, 0) is 12.8 Å². The third-order valence-electron chi connectivity index (χ3n) is 4.53. The lowest BCUT2D eigenvalue weighted by molar-refractivity contribution is 0.469. The van der Waals surface area contributed by atoms with E-state index in [2.05, 4.69) is 16.7 Å². The smallest absolute Gasteiger partial charge is 0.349 e. The molecule has 0 spiro atoms. The zero-order valence-electron chi connectivity index (χ0n) is 15.3. The van der Waals surface area contributed by atoms with Crippen molar-refractivity contribution in [1.82, 2.24) is 14.8 Å². The Morgan fingerprint density at radius 1 is 1.19 bits per heavy atom. The van der Waals surface area contributed by atoms with E-state index in [9.17, 15) is 14.7 Å². The predicted octanol–water partition coefficient (Wildman–Crippen LogP) is 2.56. The van der Waals surface area contributed by atoms with Crippen LogP contribution in [0, 0.1) is 13.8 Å². The number of rotatable bonds is 5. The van der Waals surface area contributed by atoms with Crippen molar-refractivity contribution in [3.63, 3.8) is 0 Å². The van der Waals surface area contributed by atoms with Crippen molar-refractivity contribution in [2.45, 2.75) is 26.7 Å². The van der Waals surface area contributed by atoms with Gasteiger partial charge in [-0.3, -0.25) is 9.78 Å². The second-order valence-electron chi connectivity index (χ2n) is 6.54. The number of H-pyrrole nitrogens is 1. The minimum Gasteiger partial charge on any atom is -0.508 e. The van der Waals surface area contributed by atoms with E-state index >= 15 is 0 Å². The normalized spacial score (nSPS) is 10.7. The van der Waals surface area contributed by atoms with Crippen molar-refractivity contribution in [3.05, 3.63) is 97.8 Å². The number of hydrogen-bond acceptors (Lipinski definition) is 4. The molecule has 0 aliphatic heterocycles. The van der Waals surface area contributed by atoms with E-state index in [1.54, 1.807) is 12.1 Å². The van der Waals surface area contributed by atoms with Crippen molar-refractivity contribution in [3.8, 4) is 11.4 Å². The van der Waals surface area contributed by atoms with Crippen molar-refractivity contribution in [2.24, 2.45) is 0 Å². The molecule has 0 aliphatic carbocycles. The third kappa shape index (κ3) is 3.89. The van der Waals surface area contributed by atoms with Crippen molar-refractivity contribution in [1.29, 1.82) is 0 Å². The molecule has 138 valence electrons. The average molecular weight is 363 g/mol. The van der Waals surface area contributed by atoms with Gasteiger partial charge in [0.1, 0.15) is 11.9 Å². The van der Waals surface area contributed by atoms with Crippen LogP contribution in [0.25, 0.3) is 5.69 Å². The van der Waals surface area contributed by atoms with Gasteiger partial charge in [-0.25, -0.2) is 4.79 Å². The summed E-state index contributed by atoms with van der Waals surface area (Å²) >= 11 is 0. The number of hydrogen-bond donors (Lipinski definition) is 2. The highest BCUT2D eigenvalue weighted by Gasteiger charge is 2.11. The van der Waals surface area contributed by atoms with Crippen LogP contribution in [0.3, 0.4) is 0 Å². The fourth-order valence-electron chi connectivity index (χ4n) is 3.18. The summed E-state index contributed by atoms with van der Waals surface area (Å²) < 4.78 is 1.17. The Hall–Kier alpha value is -3.41. The van der Waals surface area contributed by atoms with E-state index in [4.69, 9.17) is 0 Å². The van der Waals surface area contributed by atoms with Gasteiger partial charge < -0.3 is 5.11 Å². The summed E-state index contributed by atoms with van der Waals surface area (Å²) in [7, 11) is 0. The Bertz CT molecular complexity index is 1100. The fourth-order valence-corrected chi connectivity index (χ4v) is 3.18. The van der Waals surface area contributed by atoms with Gasteiger partial charge in [0.15, 0.2) is 0 Å². The number of aromatic hydroxyl groups is 1. The Kier molecular flexibility index (Phi) is 5.07. The summed E-state index contributed by atoms with van der Waals surface area (Å²) in [6.07, 6.45) is 4.16. The molecule has 2 aromatic carbocycles. The SMILES string of the molecule is C=CCc1cc(Cc2c(C)cc(-n3ncc(=O)[nH]c3=O)cc2C)ccc1O. The predicted molar refractivity (Wildman–Crippen MR) is 105 cm³/mol. The van der Waals surface area contributed by atoms with E-state index in [1.165, 1.54) is 4.68 Å². The molecule has 1 aromatic heterocycles. The molecule has 2 N–H and O–H groups in total. The van der Waals surface area contributed by atoms with E-state index < -0.39 is 11.2 Å². The first-order chi connectivity index (χ1) is 12.9. The molecule has 3 aromatic rings. The molecule has 0 saturated carbocycles. The Labute approximate surface area is 156 Å². The molecular formula is C21H21N3O3. The summed E-state index contributed by atoms with van der Waals surface area (Å²) in [4.78, 5) is 25.4. The number of nitrogens with zero attached hydrogens (tertiary/aromatic N) is 2. The molecular weight excluding hydrogens is 342 g/mol. The summed E-state index contributed by atoms with van der Waals surface area (Å²) in [6, 6.07) is 9.34. The first-order valence-corrected chi connectivity index (χ1v) is 8.60. The maximum Gasteiger partial charge on any atom is 0.349 e. The van der Waals surface area contributed by atoms with Gasteiger partial charge >= 0.3 is 5.69 Å². The third-order valence-corrected chi connectivity index (χ3v) is 4.53. The Morgan fingerprint density at radius 2 is 1.89 bits per heavy atom. The highest BCUT2D eigenvalue weighted by Crippen LogP contribution is 2.25. The van der Waals surface area contributed by atoms with E-state index in [1.807, 2.05) is 38.1 Å². The summed E-state index contributed by atoms with van der Waals surface area (Å²) in [5.41, 5.74) is 4.62. The van der Waals surface area contributed by atoms with Crippen LogP contribution in [0.5, 0.6) is 5.75 Å². The van der Waals surface area contributed by atoms with Gasteiger partial charge in [-0.05, 0) is 72.7 Å². The van der Waals surface area contributed by atoms with Gasteiger partial charge in [-0.1, -0.05) is 18.2 Å². The number of allylic oxidation sites excluding steroid dienone is 1. The van der Waals surface area contributed by atoms with Gasteiger partial charge in [0.2, 0.25) is 0 Å². The lowest BCUT2D eigenvalue weighted by atomic mass is 9.94. The number of aromatic nitrogens is 3. The fraction of sp³-hybridized carbons (Fsp3) is 0.190. The molecule has 1 heterocycles. The van der Waals surface area contributed by atoms with Gasteiger partial charge in [-0.15, -0.1) is 6.58 Å². The van der Waals surface area contributed by atoms with E-state index in [0.717, 1.165) is 34.0 Å². The van der Waals surface area contributed by atoms with E-state index in [-0.39, 0.29) is 5.75 Å². The van der Waals surface area contributed by atoms with Crippen LogP contribution in [0.2, 0.25) is 0 Å².